The first-order valence-electron chi connectivity index (χ1n) is 10.6. The second kappa shape index (κ2) is 6.60. The van der Waals surface area contributed by atoms with Crippen molar-refractivity contribution in [2.45, 2.75) is 37.5 Å². The van der Waals surface area contributed by atoms with E-state index in [1.54, 1.807) is 0 Å². The van der Waals surface area contributed by atoms with Gasteiger partial charge in [-0.1, -0.05) is 36.4 Å². The molecular formula is C25H25N3O. The average Bonchev–Trinajstić information content (AvgIpc) is 3.46. The van der Waals surface area contributed by atoms with Crippen LogP contribution in [0.5, 0.6) is 0 Å². The van der Waals surface area contributed by atoms with Gasteiger partial charge in [-0.05, 0) is 42.7 Å². The third-order valence-electron chi connectivity index (χ3n) is 6.66. The van der Waals surface area contributed by atoms with Gasteiger partial charge in [0.05, 0.1) is 11.6 Å². The van der Waals surface area contributed by atoms with Crippen LogP contribution >= 0.6 is 0 Å². The van der Waals surface area contributed by atoms with Crippen molar-refractivity contribution in [3.63, 3.8) is 0 Å². The number of hydrogen-bond acceptors (Lipinski definition) is 4. The molecule has 2 aliphatic heterocycles. The van der Waals surface area contributed by atoms with Crippen LogP contribution in [0.2, 0.25) is 0 Å². The molecule has 3 aliphatic rings. The highest BCUT2D eigenvalue weighted by atomic mass is 16.3. The van der Waals surface area contributed by atoms with E-state index in [0.29, 0.717) is 12.0 Å². The van der Waals surface area contributed by atoms with E-state index in [1.165, 1.54) is 27.9 Å². The van der Waals surface area contributed by atoms with Crippen LogP contribution in [-0.2, 0) is 6.54 Å². The quantitative estimate of drug-likeness (QED) is 0.738. The molecule has 1 saturated carbocycles. The number of fused-ring (bicyclic) bond motifs is 2. The molecule has 29 heavy (non-hydrogen) atoms. The van der Waals surface area contributed by atoms with E-state index < -0.39 is 0 Å². The lowest BCUT2D eigenvalue weighted by atomic mass is 10.0. The summed E-state index contributed by atoms with van der Waals surface area (Å²) in [6.07, 6.45) is 6.33. The van der Waals surface area contributed by atoms with Gasteiger partial charge in [-0.15, -0.1) is 0 Å². The lowest BCUT2D eigenvalue weighted by Crippen LogP contribution is -2.27. The van der Waals surface area contributed by atoms with E-state index in [2.05, 4.69) is 76.7 Å². The van der Waals surface area contributed by atoms with Gasteiger partial charge >= 0.3 is 0 Å². The summed E-state index contributed by atoms with van der Waals surface area (Å²) in [6, 6.07) is 19.8. The Morgan fingerprint density at radius 3 is 2.83 bits per heavy atom. The number of aromatic nitrogens is 1. The number of β-amino-alcohol motifs (C(OH)–C–C–N with tert-alkyl or cyclic N) is 1. The number of aliphatic hydroxyl groups is 1. The molecule has 0 bridgehead atoms. The summed E-state index contributed by atoms with van der Waals surface area (Å²) >= 11 is 0. The van der Waals surface area contributed by atoms with Gasteiger partial charge in [0.15, 0.2) is 0 Å². The maximum atomic E-state index is 9.98. The van der Waals surface area contributed by atoms with Gasteiger partial charge in [0.1, 0.15) is 0 Å². The normalized spacial score (nSPS) is 25.5. The van der Waals surface area contributed by atoms with Crippen molar-refractivity contribution in [3.05, 3.63) is 77.6 Å². The lowest BCUT2D eigenvalue weighted by molar-refractivity contribution is 0.198. The third kappa shape index (κ3) is 2.99. The largest absolute Gasteiger partial charge is 0.391 e. The molecule has 1 aliphatic carbocycles. The number of benzene rings is 2. The topological polar surface area (TPSA) is 39.6 Å². The van der Waals surface area contributed by atoms with Crippen LogP contribution in [0, 0.1) is 0 Å². The predicted molar refractivity (Wildman–Crippen MR) is 117 cm³/mol. The Bertz CT molecular complexity index is 1110. The standard InChI is InChI=1S/C25H25N3O/c29-19-11-13-27(15-19)24-7-3-5-17-10-12-28(16-21(17)24)25-14-20(25)23-9-8-18-4-1-2-6-22(18)26-23/h1-10,12,19-20,25,29H,11,13-16H2/t19-,20?,25?/m1/s1. The lowest BCUT2D eigenvalue weighted by Gasteiger charge is -2.30. The van der Waals surface area contributed by atoms with Gasteiger partial charge in [-0.3, -0.25) is 4.98 Å². The maximum Gasteiger partial charge on any atom is 0.0731 e. The SMILES string of the molecule is O[C@@H]1CCN(c2cccc3c2CN(C2CC2c2ccc4ccccc4n2)C=C3)C1. The summed E-state index contributed by atoms with van der Waals surface area (Å²) in [5, 5.41) is 11.2. The molecule has 0 amide bonds. The highest BCUT2D eigenvalue weighted by Gasteiger charge is 2.43. The van der Waals surface area contributed by atoms with E-state index in [1.807, 2.05) is 0 Å². The van der Waals surface area contributed by atoms with Gasteiger partial charge in [0.25, 0.3) is 0 Å². The van der Waals surface area contributed by atoms with Gasteiger partial charge in [-0.25, -0.2) is 0 Å². The van der Waals surface area contributed by atoms with Crippen LogP contribution in [0.3, 0.4) is 0 Å². The Morgan fingerprint density at radius 2 is 1.93 bits per heavy atom. The minimum absolute atomic E-state index is 0.201. The number of anilines is 1. The number of aliphatic hydroxyl groups excluding tert-OH is 1. The molecule has 2 fully saturated rings. The number of hydrogen-bond donors (Lipinski definition) is 1. The molecule has 3 heterocycles. The molecule has 4 heteroatoms. The molecule has 0 radical (unpaired) electrons. The fourth-order valence-electron chi connectivity index (χ4n) is 4.97. The van der Waals surface area contributed by atoms with Crippen molar-refractivity contribution in [2.24, 2.45) is 0 Å². The van der Waals surface area contributed by atoms with Crippen molar-refractivity contribution in [1.82, 2.24) is 9.88 Å². The van der Waals surface area contributed by atoms with Gasteiger partial charge in [-0.2, -0.15) is 0 Å². The Hall–Kier alpha value is -2.85. The average molecular weight is 383 g/mol. The highest BCUT2D eigenvalue weighted by molar-refractivity contribution is 5.78. The van der Waals surface area contributed by atoms with E-state index in [4.69, 9.17) is 4.98 Å². The molecule has 1 N–H and O–H groups in total. The zero-order valence-electron chi connectivity index (χ0n) is 16.4. The van der Waals surface area contributed by atoms with Crippen LogP contribution in [0.15, 0.2) is 60.8 Å². The molecule has 2 unspecified atom stereocenters. The first-order valence-corrected chi connectivity index (χ1v) is 10.6. The third-order valence-corrected chi connectivity index (χ3v) is 6.66. The predicted octanol–water partition coefficient (Wildman–Crippen LogP) is 4.15. The Morgan fingerprint density at radius 1 is 1.00 bits per heavy atom. The van der Waals surface area contributed by atoms with Gasteiger partial charge in [0, 0.05) is 60.1 Å². The minimum atomic E-state index is -0.201. The van der Waals surface area contributed by atoms with Crippen LogP contribution < -0.4 is 4.90 Å². The summed E-state index contributed by atoms with van der Waals surface area (Å²) in [7, 11) is 0. The molecule has 146 valence electrons. The molecule has 2 aromatic carbocycles. The molecule has 0 spiro atoms. The molecule has 6 rings (SSSR count). The summed E-state index contributed by atoms with van der Waals surface area (Å²) in [6.45, 7) is 2.62. The Labute approximate surface area is 171 Å². The second-order valence-corrected chi connectivity index (χ2v) is 8.56. The second-order valence-electron chi connectivity index (χ2n) is 8.56. The van der Waals surface area contributed by atoms with Crippen molar-refractivity contribution in [1.29, 1.82) is 0 Å². The summed E-state index contributed by atoms with van der Waals surface area (Å²) < 4.78 is 0. The van der Waals surface area contributed by atoms with E-state index in [-0.39, 0.29) is 6.10 Å². The first kappa shape index (κ1) is 17.0. The summed E-state index contributed by atoms with van der Waals surface area (Å²) in [5.41, 5.74) is 6.28. The fraction of sp³-hybridized carbons (Fsp3) is 0.320. The van der Waals surface area contributed by atoms with Crippen molar-refractivity contribution < 1.29 is 5.11 Å². The molecule has 1 saturated heterocycles. The zero-order valence-corrected chi connectivity index (χ0v) is 16.4. The minimum Gasteiger partial charge on any atom is -0.391 e. The van der Waals surface area contributed by atoms with Crippen molar-refractivity contribution >= 4 is 22.7 Å². The van der Waals surface area contributed by atoms with E-state index >= 15 is 0 Å². The number of nitrogens with zero attached hydrogens (tertiary/aromatic N) is 3. The van der Waals surface area contributed by atoms with E-state index in [0.717, 1.165) is 38.0 Å². The van der Waals surface area contributed by atoms with Gasteiger partial charge in [0.2, 0.25) is 0 Å². The summed E-state index contributed by atoms with van der Waals surface area (Å²) in [4.78, 5) is 9.76. The fourth-order valence-corrected chi connectivity index (χ4v) is 4.97. The van der Waals surface area contributed by atoms with Crippen molar-refractivity contribution in [3.8, 4) is 0 Å². The Balaban J connectivity index is 1.24. The number of rotatable bonds is 3. The van der Waals surface area contributed by atoms with Gasteiger partial charge < -0.3 is 14.9 Å². The van der Waals surface area contributed by atoms with Crippen LogP contribution in [0.25, 0.3) is 17.0 Å². The molecule has 4 nitrogen and oxygen atoms in total. The van der Waals surface area contributed by atoms with Crippen LogP contribution in [0.4, 0.5) is 5.69 Å². The van der Waals surface area contributed by atoms with Crippen LogP contribution in [-0.4, -0.2) is 40.2 Å². The monoisotopic (exact) mass is 383 g/mol. The molecule has 3 aromatic rings. The Kier molecular flexibility index (Phi) is 3.88. The molecular weight excluding hydrogens is 358 g/mol. The number of pyridine rings is 1. The first-order chi connectivity index (χ1) is 14.3. The maximum absolute atomic E-state index is 9.98. The van der Waals surface area contributed by atoms with E-state index in [9.17, 15) is 5.11 Å². The number of para-hydroxylation sites is 1. The van der Waals surface area contributed by atoms with Crippen LogP contribution in [0.1, 0.15) is 35.6 Å². The highest BCUT2D eigenvalue weighted by Crippen LogP contribution is 2.46. The molecule has 1 aromatic heterocycles. The molecule has 3 atom stereocenters. The smallest absolute Gasteiger partial charge is 0.0731 e. The zero-order chi connectivity index (χ0) is 19.4. The summed E-state index contributed by atoms with van der Waals surface area (Å²) in [5.74, 6) is 0.506. The van der Waals surface area contributed by atoms with Crippen molar-refractivity contribution in [2.75, 3.05) is 18.0 Å².